The van der Waals surface area contributed by atoms with Gasteiger partial charge in [0.25, 0.3) is 5.69 Å². The van der Waals surface area contributed by atoms with Crippen molar-refractivity contribution < 1.29 is 19.6 Å². The molecule has 2 N–H and O–H groups in total. The van der Waals surface area contributed by atoms with Crippen molar-refractivity contribution in [2.24, 2.45) is 0 Å². The number of β-amino-alcohol motifs (C(OH)–C–C–N with tert-alkyl or cyclic N) is 1. The van der Waals surface area contributed by atoms with Crippen LogP contribution in [0.1, 0.15) is 22.9 Å². The van der Waals surface area contributed by atoms with Gasteiger partial charge in [-0.15, -0.1) is 0 Å². The Bertz CT molecular complexity index is 1220. The van der Waals surface area contributed by atoms with Crippen LogP contribution in [-0.2, 0) is 16.0 Å². The first kappa shape index (κ1) is 19.3. The minimum Gasteiger partial charge on any atom is -0.395 e. The maximum atomic E-state index is 13.2. The van der Waals surface area contributed by atoms with Crippen LogP contribution in [0.4, 0.5) is 5.69 Å². The minimum atomic E-state index is -0.733. The monoisotopic (exact) mass is 420 g/mol. The van der Waals surface area contributed by atoms with Crippen LogP contribution >= 0.6 is 0 Å². The summed E-state index contributed by atoms with van der Waals surface area (Å²) in [6, 6.07) is 12.5. The normalized spacial score (nSPS) is 20.7. The molecule has 1 aromatic heterocycles. The number of nitro groups is 1. The fourth-order valence-corrected chi connectivity index (χ4v) is 4.79. The molecule has 0 bridgehead atoms. The molecule has 5 rings (SSSR count). The number of nitro benzene ring substituents is 1. The zero-order valence-corrected chi connectivity index (χ0v) is 16.5. The van der Waals surface area contributed by atoms with Crippen LogP contribution in [0.25, 0.3) is 10.9 Å². The Morgan fingerprint density at radius 2 is 1.97 bits per heavy atom. The Hall–Kier alpha value is -3.72. The van der Waals surface area contributed by atoms with Gasteiger partial charge in [-0.25, -0.2) is 0 Å². The summed E-state index contributed by atoms with van der Waals surface area (Å²) in [6.07, 6.45) is 0.345. The van der Waals surface area contributed by atoms with E-state index in [0.717, 1.165) is 22.2 Å². The second-order valence-corrected chi connectivity index (χ2v) is 7.82. The number of non-ortho nitro benzene ring substituents is 1. The van der Waals surface area contributed by atoms with Gasteiger partial charge in [-0.05, 0) is 17.2 Å². The number of hydrogen-bond donors (Lipinski definition) is 2. The minimum absolute atomic E-state index is 0.0741. The summed E-state index contributed by atoms with van der Waals surface area (Å²) in [5, 5.41) is 21.6. The highest BCUT2D eigenvalue weighted by Gasteiger charge is 2.48. The van der Waals surface area contributed by atoms with Gasteiger partial charge in [0.05, 0.1) is 24.1 Å². The van der Waals surface area contributed by atoms with Gasteiger partial charge in [-0.1, -0.05) is 30.3 Å². The van der Waals surface area contributed by atoms with Crippen molar-refractivity contribution >= 4 is 28.4 Å². The number of fused-ring (bicyclic) bond motifs is 4. The summed E-state index contributed by atoms with van der Waals surface area (Å²) < 4.78 is 0. The molecule has 3 aromatic rings. The van der Waals surface area contributed by atoms with Crippen molar-refractivity contribution in [2.75, 3.05) is 19.7 Å². The highest BCUT2D eigenvalue weighted by molar-refractivity contribution is 5.97. The van der Waals surface area contributed by atoms with Gasteiger partial charge in [-0.3, -0.25) is 19.7 Å². The molecule has 9 heteroatoms. The lowest BCUT2D eigenvalue weighted by Crippen LogP contribution is -2.63. The van der Waals surface area contributed by atoms with Crippen molar-refractivity contribution in [1.29, 1.82) is 0 Å². The third kappa shape index (κ3) is 2.97. The van der Waals surface area contributed by atoms with Gasteiger partial charge >= 0.3 is 0 Å². The van der Waals surface area contributed by atoms with Crippen molar-refractivity contribution in [3.05, 3.63) is 75.5 Å². The molecule has 31 heavy (non-hydrogen) atoms. The number of carbonyl (C=O) groups excluding carboxylic acids is 2. The number of benzene rings is 2. The van der Waals surface area contributed by atoms with Gasteiger partial charge in [0.15, 0.2) is 0 Å². The molecule has 9 nitrogen and oxygen atoms in total. The fourth-order valence-electron chi connectivity index (χ4n) is 4.79. The second-order valence-electron chi connectivity index (χ2n) is 7.82. The van der Waals surface area contributed by atoms with Crippen LogP contribution in [0.5, 0.6) is 0 Å². The fraction of sp³-hybridized carbons (Fsp3) is 0.273. The molecule has 0 radical (unpaired) electrons. The van der Waals surface area contributed by atoms with Gasteiger partial charge in [-0.2, -0.15) is 0 Å². The first-order chi connectivity index (χ1) is 15.0. The van der Waals surface area contributed by atoms with E-state index in [-0.39, 0.29) is 37.2 Å². The summed E-state index contributed by atoms with van der Waals surface area (Å²) in [4.78, 5) is 43.6. The predicted octanol–water partition coefficient (Wildman–Crippen LogP) is 1.75. The first-order valence-corrected chi connectivity index (χ1v) is 10.0. The van der Waals surface area contributed by atoms with Crippen LogP contribution in [-0.4, -0.2) is 62.4 Å². The predicted molar refractivity (Wildman–Crippen MR) is 111 cm³/mol. The number of rotatable bonds is 4. The van der Waals surface area contributed by atoms with E-state index in [9.17, 15) is 24.8 Å². The second kappa shape index (κ2) is 7.21. The lowest BCUT2D eigenvalue weighted by atomic mass is 9.86. The molecule has 2 atom stereocenters. The van der Waals surface area contributed by atoms with Crippen molar-refractivity contribution in [3.63, 3.8) is 0 Å². The summed E-state index contributed by atoms with van der Waals surface area (Å²) in [5.41, 5.74) is 3.09. The molecule has 2 amide bonds. The van der Waals surface area contributed by atoms with E-state index in [1.165, 1.54) is 17.0 Å². The molecule has 1 fully saturated rings. The lowest BCUT2D eigenvalue weighted by molar-refractivity contribution is -0.384. The number of H-pyrrole nitrogens is 1. The standard InChI is InChI=1S/C22H20N4O5/c27-9-8-24-12-19(28)25-18(22(24)29)11-16-15-6-1-2-7-17(15)23-20(16)21(25)13-4-3-5-14(10-13)26(30)31/h1-7,10,18,21,23,27H,8-9,11-12H2/t18-,21+/m0/s1. The van der Waals surface area contributed by atoms with Gasteiger partial charge in [0.2, 0.25) is 11.8 Å². The number of aromatic amines is 1. The Morgan fingerprint density at radius 1 is 1.16 bits per heavy atom. The maximum Gasteiger partial charge on any atom is 0.269 e. The number of piperazine rings is 1. The van der Waals surface area contributed by atoms with Crippen LogP contribution in [0.3, 0.4) is 0 Å². The number of aliphatic hydroxyl groups is 1. The van der Waals surface area contributed by atoms with Crippen molar-refractivity contribution in [3.8, 4) is 0 Å². The highest BCUT2D eigenvalue weighted by atomic mass is 16.6. The molecule has 2 aliphatic rings. The van der Waals surface area contributed by atoms with Gasteiger partial charge in [0, 0.05) is 41.7 Å². The molecule has 0 unspecified atom stereocenters. The number of para-hydroxylation sites is 1. The highest BCUT2D eigenvalue weighted by Crippen LogP contribution is 2.43. The Morgan fingerprint density at radius 3 is 2.74 bits per heavy atom. The molecule has 0 spiro atoms. The summed E-state index contributed by atoms with van der Waals surface area (Å²) >= 11 is 0. The van der Waals surface area contributed by atoms with E-state index in [1.807, 2.05) is 24.3 Å². The number of hydrogen-bond acceptors (Lipinski definition) is 5. The van der Waals surface area contributed by atoms with E-state index in [1.54, 1.807) is 17.0 Å². The number of aromatic nitrogens is 1. The quantitative estimate of drug-likeness (QED) is 0.492. The summed E-state index contributed by atoms with van der Waals surface area (Å²) in [5.74, 6) is -0.473. The molecular formula is C22H20N4O5. The van der Waals surface area contributed by atoms with E-state index >= 15 is 0 Å². The van der Waals surface area contributed by atoms with Crippen LogP contribution < -0.4 is 0 Å². The Balaban J connectivity index is 1.71. The zero-order chi connectivity index (χ0) is 21.7. The number of nitrogens with one attached hydrogen (secondary N) is 1. The van der Waals surface area contributed by atoms with Crippen LogP contribution in [0.15, 0.2) is 48.5 Å². The van der Waals surface area contributed by atoms with Crippen LogP contribution in [0, 0.1) is 10.1 Å². The van der Waals surface area contributed by atoms with Gasteiger partial charge in [0.1, 0.15) is 6.04 Å². The van der Waals surface area contributed by atoms with Crippen molar-refractivity contribution in [2.45, 2.75) is 18.5 Å². The largest absolute Gasteiger partial charge is 0.395 e. The Kier molecular flexibility index (Phi) is 4.48. The number of aliphatic hydroxyl groups excluding tert-OH is 1. The van der Waals surface area contributed by atoms with E-state index < -0.39 is 17.0 Å². The molecule has 2 aromatic carbocycles. The molecule has 1 saturated heterocycles. The SMILES string of the molecule is O=C1[C@@H]2Cc3c([nH]c4ccccc34)[C@@H](c3cccc([N+](=O)[O-])c3)N2C(=O)CN1CCO. The smallest absolute Gasteiger partial charge is 0.269 e. The van der Waals surface area contributed by atoms with E-state index in [2.05, 4.69) is 4.98 Å². The first-order valence-electron chi connectivity index (χ1n) is 10.0. The molecule has 0 aliphatic carbocycles. The number of amides is 2. The number of nitrogens with zero attached hydrogens (tertiary/aromatic N) is 3. The summed E-state index contributed by atoms with van der Waals surface area (Å²) in [7, 11) is 0. The summed E-state index contributed by atoms with van der Waals surface area (Å²) in [6.45, 7) is -0.258. The van der Waals surface area contributed by atoms with Crippen LogP contribution in [0.2, 0.25) is 0 Å². The average Bonchev–Trinajstić information content (AvgIpc) is 3.14. The molecule has 158 valence electrons. The molecule has 3 heterocycles. The third-order valence-corrected chi connectivity index (χ3v) is 6.11. The molecule has 0 saturated carbocycles. The van der Waals surface area contributed by atoms with Crippen molar-refractivity contribution in [1.82, 2.24) is 14.8 Å². The third-order valence-electron chi connectivity index (χ3n) is 6.11. The topological polar surface area (TPSA) is 120 Å². The van der Waals surface area contributed by atoms with E-state index in [0.29, 0.717) is 12.0 Å². The van der Waals surface area contributed by atoms with E-state index in [4.69, 9.17) is 0 Å². The molecule has 2 aliphatic heterocycles. The maximum absolute atomic E-state index is 13.2. The number of carbonyl (C=O) groups is 2. The zero-order valence-electron chi connectivity index (χ0n) is 16.5. The molecular weight excluding hydrogens is 400 g/mol. The lowest BCUT2D eigenvalue weighted by Gasteiger charge is -2.47. The van der Waals surface area contributed by atoms with Gasteiger partial charge < -0.3 is 19.9 Å². The average molecular weight is 420 g/mol. The Labute approximate surface area is 177 Å².